The number of ether oxygens (including phenoxy) is 1. The first-order chi connectivity index (χ1) is 10.1. The predicted molar refractivity (Wildman–Crippen MR) is 89.7 cm³/mol. The molecule has 0 radical (unpaired) electrons. The van der Waals surface area contributed by atoms with E-state index < -0.39 is 0 Å². The fraction of sp³-hybridized carbons (Fsp3) is 0.684. The lowest BCUT2D eigenvalue weighted by atomic mass is 9.72. The van der Waals surface area contributed by atoms with Crippen LogP contribution in [0.2, 0.25) is 0 Å². The third-order valence-electron chi connectivity index (χ3n) is 4.75. The van der Waals surface area contributed by atoms with E-state index in [4.69, 9.17) is 4.74 Å². The van der Waals surface area contributed by atoms with Gasteiger partial charge in [0.25, 0.3) is 0 Å². The zero-order chi connectivity index (χ0) is 15.2. The largest absolute Gasteiger partial charge is 0.497 e. The summed E-state index contributed by atoms with van der Waals surface area (Å²) in [6, 6.07) is 9.07. The quantitative estimate of drug-likeness (QED) is 0.811. The molecule has 21 heavy (non-hydrogen) atoms. The van der Waals surface area contributed by atoms with Crippen LogP contribution in [0.15, 0.2) is 24.3 Å². The zero-order valence-corrected chi connectivity index (χ0v) is 14.1. The van der Waals surface area contributed by atoms with Crippen molar-refractivity contribution in [3.63, 3.8) is 0 Å². The summed E-state index contributed by atoms with van der Waals surface area (Å²) in [6.45, 7) is 8.14. The minimum absolute atomic E-state index is 0.463. The van der Waals surface area contributed by atoms with Crippen LogP contribution in [0.1, 0.15) is 58.1 Å². The number of rotatable bonds is 6. The Morgan fingerprint density at radius 2 is 1.90 bits per heavy atom. The molecule has 118 valence electrons. The van der Waals surface area contributed by atoms with Crippen molar-refractivity contribution in [3.8, 4) is 5.75 Å². The molecular weight excluding hydrogens is 258 g/mol. The topological polar surface area (TPSA) is 21.3 Å². The molecule has 0 aromatic heterocycles. The van der Waals surface area contributed by atoms with Crippen LogP contribution in [0.5, 0.6) is 5.75 Å². The Kier molecular flexibility index (Phi) is 6.10. The summed E-state index contributed by atoms with van der Waals surface area (Å²) in [4.78, 5) is 0. The first-order valence-corrected chi connectivity index (χ1v) is 8.51. The minimum Gasteiger partial charge on any atom is -0.497 e. The van der Waals surface area contributed by atoms with Crippen molar-refractivity contribution in [2.75, 3.05) is 13.7 Å². The van der Waals surface area contributed by atoms with Gasteiger partial charge in [0.2, 0.25) is 0 Å². The molecule has 1 saturated carbocycles. The zero-order valence-electron chi connectivity index (χ0n) is 14.1. The van der Waals surface area contributed by atoms with Gasteiger partial charge in [-0.15, -0.1) is 0 Å². The Labute approximate surface area is 130 Å². The fourth-order valence-electron chi connectivity index (χ4n) is 3.97. The lowest BCUT2D eigenvalue weighted by molar-refractivity contribution is 0.176. The summed E-state index contributed by atoms with van der Waals surface area (Å²) in [5.74, 6) is 3.39. The SMILES string of the molecule is CCCNC(c1cccc(OC)c1)C1CC(C)CC(C)C1. The van der Waals surface area contributed by atoms with Crippen LogP contribution in [0, 0.1) is 17.8 Å². The van der Waals surface area contributed by atoms with Crippen LogP contribution in [0.3, 0.4) is 0 Å². The lowest BCUT2D eigenvalue weighted by Gasteiger charge is -2.37. The van der Waals surface area contributed by atoms with Crippen LogP contribution in [0.4, 0.5) is 0 Å². The lowest BCUT2D eigenvalue weighted by Crippen LogP contribution is -2.33. The second kappa shape index (κ2) is 7.84. The van der Waals surface area contributed by atoms with E-state index in [1.165, 1.54) is 31.2 Å². The monoisotopic (exact) mass is 289 g/mol. The minimum atomic E-state index is 0.463. The molecule has 3 unspecified atom stereocenters. The molecule has 0 heterocycles. The summed E-state index contributed by atoms with van der Waals surface area (Å²) in [5.41, 5.74) is 1.38. The van der Waals surface area contributed by atoms with E-state index in [1.54, 1.807) is 7.11 Å². The highest BCUT2D eigenvalue weighted by Gasteiger charge is 2.30. The highest BCUT2D eigenvalue weighted by atomic mass is 16.5. The van der Waals surface area contributed by atoms with Crippen LogP contribution in [-0.4, -0.2) is 13.7 Å². The van der Waals surface area contributed by atoms with Crippen LogP contribution >= 0.6 is 0 Å². The molecule has 2 heteroatoms. The summed E-state index contributed by atoms with van der Waals surface area (Å²) in [7, 11) is 1.75. The van der Waals surface area contributed by atoms with Crippen LogP contribution in [-0.2, 0) is 0 Å². The second-order valence-electron chi connectivity index (χ2n) is 6.89. The van der Waals surface area contributed by atoms with E-state index in [0.717, 1.165) is 30.0 Å². The fourth-order valence-corrected chi connectivity index (χ4v) is 3.97. The number of hydrogen-bond donors (Lipinski definition) is 1. The van der Waals surface area contributed by atoms with Gasteiger partial charge in [-0.05, 0) is 67.7 Å². The molecule has 3 atom stereocenters. The van der Waals surface area contributed by atoms with Gasteiger partial charge in [0.05, 0.1) is 7.11 Å². The normalized spacial score (nSPS) is 27.3. The maximum Gasteiger partial charge on any atom is 0.119 e. The van der Waals surface area contributed by atoms with Crippen molar-refractivity contribution >= 4 is 0 Å². The summed E-state index contributed by atoms with van der Waals surface area (Å²) in [5, 5.41) is 3.79. The molecule has 1 fully saturated rings. The first-order valence-electron chi connectivity index (χ1n) is 8.51. The van der Waals surface area contributed by atoms with Gasteiger partial charge in [0.1, 0.15) is 5.75 Å². The van der Waals surface area contributed by atoms with Gasteiger partial charge in [-0.2, -0.15) is 0 Å². The van der Waals surface area contributed by atoms with Gasteiger partial charge < -0.3 is 10.1 Å². The van der Waals surface area contributed by atoms with Gasteiger partial charge in [0.15, 0.2) is 0 Å². The average molecular weight is 289 g/mol. The molecule has 0 spiro atoms. The number of methoxy groups -OCH3 is 1. The van der Waals surface area contributed by atoms with Gasteiger partial charge in [-0.25, -0.2) is 0 Å². The molecule has 0 bridgehead atoms. The third-order valence-corrected chi connectivity index (χ3v) is 4.75. The van der Waals surface area contributed by atoms with E-state index in [-0.39, 0.29) is 0 Å². The molecule has 0 amide bonds. The molecule has 0 saturated heterocycles. The molecule has 1 aromatic rings. The van der Waals surface area contributed by atoms with Crippen molar-refractivity contribution in [1.29, 1.82) is 0 Å². The van der Waals surface area contributed by atoms with Crippen molar-refractivity contribution < 1.29 is 4.74 Å². The molecule has 1 aliphatic carbocycles. The summed E-state index contributed by atoms with van der Waals surface area (Å²) >= 11 is 0. The van der Waals surface area contributed by atoms with Gasteiger partial charge in [-0.3, -0.25) is 0 Å². The molecule has 1 aliphatic rings. The number of nitrogens with one attached hydrogen (secondary N) is 1. The van der Waals surface area contributed by atoms with E-state index in [9.17, 15) is 0 Å². The highest BCUT2D eigenvalue weighted by molar-refractivity contribution is 5.31. The van der Waals surface area contributed by atoms with Crippen LogP contribution < -0.4 is 10.1 Å². The molecule has 2 rings (SSSR count). The smallest absolute Gasteiger partial charge is 0.119 e. The Bertz CT molecular complexity index is 421. The number of hydrogen-bond acceptors (Lipinski definition) is 2. The Hall–Kier alpha value is -1.02. The molecular formula is C19H31NO. The van der Waals surface area contributed by atoms with E-state index in [1.807, 2.05) is 6.07 Å². The Morgan fingerprint density at radius 3 is 2.52 bits per heavy atom. The molecule has 1 aromatic carbocycles. The van der Waals surface area contributed by atoms with E-state index in [2.05, 4.69) is 44.3 Å². The maximum atomic E-state index is 5.41. The van der Waals surface area contributed by atoms with Crippen molar-refractivity contribution in [3.05, 3.63) is 29.8 Å². The number of benzene rings is 1. The third kappa shape index (κ3) is 4.47. The Balaban J connectivity index is 2.20. The first kappa shape index (κ1) is 16.4. The standard InChI is InChI=1S/C19H31NO/c1-5-9-20-19(16-7-6-8-18(13-16)21-4)17-11-14(2)10-15(3)12-17/h6-8,13-15,17,19-20H,5,9-12H2,1-4H3. The second-order valence-corrected chi connectivity index (χ2v) is 6.89. The average Bonchev–Trinajstić information content (AvgIpc) is 2.47. The van der Waals surface area contributed by atoms with Crippen molar-refractivity contribution in [2.45, 2.75) is 52.5 Å². The van der Waals surface area contributed by atoms with Gasteiger partial charge >= 0.3 is 0 Å². The predicted octanol–water partition coefficient (Wildman–Crippen LogP) is 4.81. The van der Waals surface area contributed by atoms with Gasteiger partial charge in [-0.1, -0.05) is 32.9 Å². The van der Waals surface area contributed by atoms with Crippen molar-refractivity contribution in [1.82, 2.24) is 5.32 Å². The van der Waals surface area contributed by atoms with Crippen LogP contribution in [0.25, 0.3) is 0 Å². The maximum absolute atomic E-state index is 5.41. The highest BCUT2D eigenvalue weighted by Crippen LogP contribution is 2.40. The van der Waals surface area contributed by atoms with Gasteiger partial charge in [0, 0.05) is 6.04 Å². The molecule has 0 aliphatic heterocycles. The summed E-state index contributed by atoms with van der Waals surface area (Å²) in [6.07, 6.45) is 5.24. The molecule has 2 nitrogen and oxygen atoms in total. The van der Waals surface area contributed by atoms with Crippen molar-refractivity contribution in [2.24, 2.45) is 17.8 Å². The Morgan fingerprint density at radius 1 is 1.19 bits per heavy atom. The van der Waals surface area contributed by atoms with E-state index >= 15 is 0 Å². The summed E-state index contributed by atoms with van der Waals surface area (Å²) < 4.78 is 5.41. The van der Waals surface area contributed by atoms with E-state index in [0.29, 0.717) is 6.04 Å². The molecule has 1 N–H and O–H groups in total.